The lowest BCUT2D eigenvalue weighted by molar-refractivity contribution is 0.263. The van der Waals surface area contributed by atoms with Crippen molar-refractivity contribution in [2.75, 3.05) is 32.6 Å². The Bertz CT molecular complexity index is 622. The van der Waals surface area contributed by atoms with Gasteiger partial charge in [-0.15, -0.1) is 0 Å². The third kappa shape index (κ3) is 3.21. The van der Waals surface area contributed by atoms with Crippen LogP contribution in [0.4, 0.5) is 5.82 Å². The van der Waals surface area contributed by atoms with Crippen molar-refractivity contribution in [1.82, 2.24) is 14.2 Å². The van der Waals surface area contributed by atoms with Gasteiger partial charge in [-0.1, -0.05) is 6.92 Å². The molecule has 0 aromatic carbocycles. The highest BCUT2D eigenvalue weighted by Gasteiger charge is 2.39. The van der Waals surface area contributed by atoms with E-state index in [4.69, 9.17) is 5.84 Å². The van der Waals surface area contributed by atoms with Crippen LogP contribution in [0.5, 0.6) is 0 Å². The van der Waals surface area contributed by atoms with E-state index in [1.807, 2.05) is 14.1 Å². The summed E-state index contributed by atoms with van der Waals surface area (Å²) in [7, 11) is 0.295. The zero-order valence-corrected chi connectivity index (χ0v) is 14.6. The molecule has 2 atom stereocenters. The lowest BCUT2D eigenvalue weighted by Gasteiger charge is -2.22. The van der Waals surface area contributed by atoms with Crippen molar-refractivity contribution in [2.45, 2.75) is 17.9 Å². The molecule has 1 aromatic heterocycles. The maximum absolute atomic E-state index is 12.8. The highest BCUT2D eigenvalue weighted by atomic mass is 79.9. The fraction of sp³-hybridized carbons (Fsp3) is 0.583. The molecule has 0 bridgehead atoms. The Morgan fingerprint density at radius 1 is 1.48 bits per heavy atom. The number of aromatic nitrogens is 1. The molecule has 1 aliphatic heterocycles. The van der Waals surface area contributed by atoms with Crippen LogP contribution in [0.1, 0.15) is 6.92 Å². The average molecular weight is 378 g/mol. The number of nitrogens with one attached hydrogen (secondary N) is 1. The van der Waals surface area contributed by atoms with Crippen molar-refractivity contribution >= 4 is 31.8 Å². The molecule has 1 saturated heterocycles. The quantitative estimate of drug-likeness (QED) is 0.592. The molecule has 0 saturated carbocycles. The third-order valence-electron chi connectivity index (χ3n) is 3.78. The summed E-state index contributed by atoms with van der Waals surface area (Å²) in [6, 6.07) is 1.72. The SMILES string of the molecule is CC1CN(S(=O)(=O)c2cc(Br)cnc2NN)CC1N(C)C. The van der Waals surface area contributed by atoms with Gasteiger partial charge in [0.05, 0.1) is 0 Å². The number of likely N-dealkylation sites (N-methyl/N-ethyl adjacent to an activating group) is 1. The molecular weight excluding hydrogens is 358 g/mol. The fourth-order valence-electron chi connectivity index (χ4n) is 2.64. The van der Waals surface area contributed by atoms with E-state index in [9.17, 15) is 8.42 Å². The summed E-state index contributed by atoms with van der Waals surface area (Å²) < 4.78 is 27.7. The Kier molecular flexibility index (Phi) is 4.89. The van der Waals surface area contributed by atoms with Crippen molar-refractivity contribution in [3.8, 4) is 0 Å². The van der Waals surface area contributed by atoms with E-state index in [0.29, 0.717) is 17.6 Å². The Morgan fingerprint density at radius 2 is 2.14 bits per heavy atom. The highest BCUT2D eigenvalue weighted by molar-refractivity contribution is 9.10. The molecule has 9 heteroatoms. The third-order valence-corrected chi connectivity index (χ3v) is 6.06. The highest BCUT2D eigenvalue weighted by Crippen LogP contribution is 2.30. The van der Waals surface area contributed by atoms with Crippen LogP contribution in [0.25, 0.3) is 0 Å². The topological polar surface area (TPSA) is 91.6 Å². The molecule has 1 aromatic rings. The maximum atomic E-state index is 12.8. The smallest absolute Gasteiger partial charge is 0.246 e. The first-order valence-electron chi connectivity index (χ1n) is 6.56. The molecule has 1 aliphatic rings. The number of nitrogens with zero attached hydrogens (tertiary/aromatic N) is 3. The Morgan fingerprint density at radius 3 is 2.67 bits per heavy atom. The van der Waals surface area contributed by atoms with Crippen LogP contribution >= 0.6 is 15.9 Å². The van der Waals surface area contributed by atoms with Gasteiger partial charge in [-0.2, -0.15) is 4.31 Å². The number of nitrogens with two attached hydrogens (primary N) is 1. The van der Waals surface area contributed by atoms with Gasteiger partial charge in [0.15, 0.2) is 5.82 Å². The van der Waals surface area contributed by atoms with Crippen LogP contribution in [-0.2, 0) is 10.0 Å². The minimum absolute atomic E-state index is 0.0889. The molecule has 1 fully saturated rings. The molecule has 2 heterocycles. The van der Waals surface area contributed by atoms with Gasteiger partial charge in [0.1, 0.15) is 4.90 Å². The minimum Gasteiger partial charge on any atom is -0.307 e. The normalized spacial score (nSPS) is 23.7. The van der Waals surface area contributed by atoms with Crippen molar-refractivity contribution in [3.05, 3.63) is 16.7 Å². The van der Waals surface area contributed by atoms with E-state index in [1.54, 1.807) is 0 Å². The molecule has 0 spiro atoms. The van der Waals surface area contributed by atoms with E-state index in [1.165, 1.54) is 16.6 Å². The van der Waals surface area contributed by atoms with Gasteiger partial charge < -0.3 is 10.3 Å². The first-order chi connectivity index (χ1) is 9.77. The molecule has 2 unspecified atom stereocenters. The van der Waals surface area contributed by atoms with Crippen LogP contribution in [0.3, 0.4) is 0 Å². The first kappa shape index (κ1) is 16.6. The van der Waals surface area contributed by atoms with Crippen molar-refractivity contribution in [3.63, 3.8) is 0 Å². The lowest BCUT2D eigenvalue weighted by atomic mass is 10.1. The van der Waals surface area contributed by atoms with E-state index in [0.717, 1.165) is 0 Å². The molecule has 0 radical (unpaired) electrons. The largest absolute Gasteiger partial charge is 0.307 e. The zero-order valence-electron chi connectivity index (χ0n) is 12.2. The second kappa shape index (κ2) is 6.17. The van der Waals surface area contributed by atoms with E-state index in [2.05, 4.69) is 38.2 Å². The number of sulfonamides is 1. The zero-order chi connectivity index (χ0) is 15.8. The second-order valence-corrected chi connectivity index (χ2v) is 8.30. The number of hydrogen-bond acceptors (Lipinski definition) is 6. The van der Waals surface area contributed by atoms with Crippen LogP contribution < -0.4 is 11.3 Å². The van der Waals surface area contributed by atoms with Crippen molar-refractivity contribution < 1.29 is 8.42 Å². The Balaban J connectivity index is 2.38. The maximum Gasteiger partial charge on any atom is 0.246 e. The Hall–Kier alpha value is -0.740. The van der Waals surface area contributed by atoms with Crippen molar-refractivity contribution in [1.29, 1.82) is 0 Å². The van der Waals surface area contributed by atoms with E-state index >= 15 is 0 Å². The van der Waals surface area contributed by atoms with Gasteiger partial charge in [-0.05, 0) is 42.0 Å². The molecule has 7 nitrogen and oxygen atoms in total. The van der Waals surface area contributed by atoms with Gasteiger partial charge >= 0.3 is 0 Å². The molecule has 0 aliphatic carbocycles. The number of rotatable bonds is 4. The predicted molar refractivity (Wildman–Crippen MR) is 85.1 cm³/mol. The van der Waals surface area contributed by atoms with Gasteiger partial charge in [0.2, 0.25) is 10.0 Å². The number of halogens is 1. The fourth-order valence-corrected chi connectivity index (χ4v) is 4.81. The molecule has 21 heavy (non-hydrogen) atoms. The number of hydrazine groups is 1. The number of anilines is 1. The second-order valence-electron chi connectivity index (χ2n) is 5.47. The average Bonchev–Trinajstić information content (AvgIpc) is 2.81. The van der Waals surface area contributed by atoms with Crippen LogP contribution in [0, 0.1) is 5.92 Å². The Labute approximate surface area is 133 Å². The van der Waals surface area contributed by atoms with Crippen molar-refractivity contribution in [2.24, 2.45) is 11.8 Å². The first-order valence-corrected chi connectivity index (χ1v) is 8.79. The predicted octanol–water partition coefficient (Wildman–Crippen LogP) is 0.700. The molecule has 2 rings (SSSR count). The monoisotopic (exact) mass is 377 g/mol. The van der Waals surface area contributed by atoms with Crippen LogP contribution in [0.15, 0.2) is 21.6 Å². The summed E-state index contributed by atoms with van der Waals surface area (Å²) in [5.74, 6) is 5.80. The number of hydrogen-bond donors (Lipinski definition) is 2. The van der Waals surface area contributed by atoms with Crippen LogP contribution in [-0.4, -0.2) is 55.8 Å². The number of nitrogen functional groups attached to an aromatic ring is 1. The van der Waals surface area contributed by atoms with E-state index in [-0.39, 0.29) is 22.7 Å². The molecule has 0 amide bonds. The van der Waals surface area contributed by atoms with E-state index < -0.39 is 10.0 Å². The summed E-state index contributed by atoms with van der Waals surface area (Å²) in [5, 5.41) is 0. The summed E-state index contributed by atoms with van der Waals surface area (Å²) in [4.78, 5) is 6.15. The summed E-state index contributed by atoms with van der Waals surface area (Å²) in [5.41, 5.74) is 2.35. The minimum atomic E-state index is -3.63. The van der Waals surface area contributed by atoms with Crippen LogP contribution in [0.2, 0.25) is 0 Å². The summed E-state index contributed by atoms with van der Waals surface area (Å²) in [6.07, 6.45) is 1.50. The molecule has 3 N–H and O–H groups in total. The summed E-state index contributed by atoms with van der Waals surface area (Å²) in [6.45, 7) is 3.01. The lowest BCUT2D eigenvalue weighted by Crippen LogP contribution is -2.36. The van der Waals surface area contributed by atoms with Gasteiger partial charge in [-0.25, -0.2) is 19.2 Å². The number of pyridine rings is 1. The van der Waals surface area contributed by atoms with Gasteiger partial charge in [-0.3, -0.25) is 0 Å². The molecule has 118 valence electrons. The standard InChI is InChI=1S/C12H20BrN5O2S/c1-8-6-18(7-10(8)17(2)3)21(19,20)11-4-9(13)5-15-12(11)16-14/h4-5,8,10H,6-7,14H2,1-3H3,(H,15,16). The van der Waals surface area contributed by atoms with Gasteiger partial charge in [0, 0.05) is 29.8 Å². The molecular formula is C12H20BrN5O2S. The van der Waals surface area contributed by atoms with Gasteiger partial charge in [0.25, 0.3) is 0 Å². The summed E-state index contributed by atoms with van der Waals surface area (Å²) >= 11 is 3.25.